The quantitative estimate of drug-likeness (QED) is 0.916. The number of ether oxygens (including phenoxy) is 2. The maximum Gasteiger partial charge on any atom is 0.133 e. The fraction of sp³-hybridized carbons (Fsp3) is 0.571. The summed E-state index contributed by atoms with van der Waals surface area (Å²) in [7, 11) is 3.48. The van der Waals surface area contributed by atoms with Gasteiger partial charge in [0.15, 0.2) is 0 Å². The molecular weight excluding hydrogens is 294 g/mol. The summed E-state index contributed by atoms with van der Waals surface area (Å²) in [6, 6.07) is 6.66. The number of halogens is 1. The molecule has 1 aromatic rings. The number of methoxy groups -OCH3 is 2. The van der Waals surface area contributed by atoms with Gasteiger partial charge in [0.1, 0.15) is 5.75 Å². The highest BCUT2D eigenvalue weighted by Gasteiger charge is 2.20. The summed E-state index contributed by atoms with van der Waals surface area (Å²) in [6.07, 6.45) is 5.08. The zero-order chi connectivity index (χ0) is 13.0. The van der Waals surface area contributed by atoms with Crippen LogP contribution in [0.25, 0.3) is 0 Å². The summed E-state index contributed by atoms with van der Waals surface area (Å²) in [5, 5.41) is 3.58. The second kappa shape index (κ2) is 6.43. The molecule has 0 amide bonds. The van der Waals surface area contributed by atoms with Crippen molar-refractivity contribution in [2.24, 2.45) is 0 Å². The van der Waals surface area contributed by atoms with Gasteiger partial charge in [-0.3, -0.25) is 0 Å². The van der Waals surface area contributed by atoms with Gasteiger partial charge in [-0.05, 0) is 59.8 Å². The van der Waals surface area contributed by atoms with Gasteiger partial charge < -0.3 is 14.8 Å². The van der Waals surface area contributed by atoms with E-state index in [0.29, 0.717) is 12.1 Å². The number of nitrogens with one attached hydrogen (secondary N) is 1. The van der Waals surface area contributed by atoms with Gasteiger partial charge in [-0.15, -0.1) is 0 Å². The smallest absolute Gasteiger partial charge is 0.133 e. The molecule has 1 aromatic carbocycles. The van der Waals surface area contributed by atoms with Crippen molar-refractivity contribution in [1.29, 1.82) is 0 Å². The van der Waals surface area contributed by atoms with Crippen LogP contribution in [0.4, 0.5) is 5.69 Å². The SMILES string of the molecule is COc1ccc(NC2CCC(OC)CC2)cc1Br. The Morgan fingerprint density at radius 3 is 2.44 bits per heavy atom. The molecule has 3 nitrogen and oxygen atoms in total. The third kappa shape index (κ3) is 3.39. The Morgan fingerprint density at radius 2 is 1.89 bits per heavy atom. The Balaban J connectivity index is 1.92. The standard InChI is InChI=1S/C14H20BrNO2/c1-17-12-6-3-10(4-7-12)16-11-5-8-14(18-2)13(15)9-11/h5,8-10,12,16H,3-4,6-7H2,1-2H3. The van der Waals surface area contributed by atoms with Crippen molar-refractivity contribution in [3.05, 3.63) is 22.7 Å². The minimum absolute atomic E-state index is 0.450. The molecule has 2 rings (SSSR count). The van der Waals surface area contributed by atoms with E-state index in [4.69, 9.17) is 9.47 Å². The van der Waals surface area contributed by atoms with Gasteiger partial charge in [0.2, 0.25) is 0 Å². The highest BCUT2D eigenvalue weighted by molar-refractivity contribution is 9.10. The molecular formula is C14H20BrNO2. The van der Waals surface area contributed by atoms with E-state index in [-0.39, 0.29) is 0 Å². The van der Waals surface area contributed by atoms with Crippen molar-refractivity contribution in [3.8, 4) is 5.75 Å². The third-order valence-electron chi connectivity index (χ3n) is 3.53. The molecule has 0 spiro atoms. The molecule has 18 heavy (non-hydrogen) atoms. The number of benzene rings is 1. The maximum absolute atomic E-state index is 5.39. The molecule has 1 aliphatic carbocycles. The molecule has 0 unspecified atom stereocenters. The summed E-state index contributed by atoms with van der Waals surface area (Å²) < 4.78 is 11.6. The zero-order valence-corrected chi connectivity index (χ0v) is 12.5. The normalized spacial score (nSPS) is 23.7. The van der Waals surface area contributed by atoms with E-state index in [1.54, 1.807) is 14.2 Å². The molecule has 0 aliphatic heterocycles. The molecule has 0 bridgehead atoms. The first-order valence-electron chi connectivity index (χ1n) is 6.36. The Hall–Kier alpha value is -0.740. The predicted molar refractivity (Wildman–Crippen MR) is 77.4 cm³/mol. The first kappa shape index (κ1) is 13.7. The first-order chi connectivity index (χ1) is 8.72. The van der Waals surface area contributed by atoms with E-state index in [1.807, 2.05) is 6.07 Å². The van der Waals surface area contributed by atoms with Gasteiger partial charge in [0, 0.05) is 18.8 Å². The van der Waals surface area contributed by atoms with Crippen LogP contribution in [-0.4, -0.2) is 26.4 Å². The van der Waals surface area contributed by atoms with Gasteiger partial charge in [-0.25, -0.2) is 0 Å². The monoisotopic (exact) mass is 313 g/mol. The van der Waals surface area contributed by atoms with Crippen LogP contribution < -0.4 is 10.1 Å². The minimum Gasteiger partial charge on any atom is -0.496 e. The van der Waals surface area contributed by atoms with Crippen LogP contribution in [0.15, 0.2) is 22.7 Å². The molecule has 1 fully saturated rings. The van der Waals surface area contributed by atoms with Crippen molar-refractivity contribution < 1.29 is 9.47 Å². The van der Waals surface area contributed by atoms with Crippen LogP contribution in [0.2, 0.25) is 0 Å². The van der Waals surface area contributed by atoms with Crippen LogP contribution in [0.3, 0.4) is 0 Å². The molecule has 0 radical (unpaired) electrons. The molecule has 0 aromatic heterocycles. The van der Waals surface area contributed by atoms with Gasteiger partial charge in [0.25, 0.3) is 0 Å². The van der Waals surface area contributed by atoms with Crippen molar-refractivity contribution in [1.82, 2.24) is 0 Å². The van der Waals surface area contributed by atoms with Gasteiger partial charge in [-0.2, -0.15) is 0 Å². The summed E-state index contributed by atoms with van der Waals surface area (Å²) in [6.45, 7) is 0. The summed E-state index contributed by atoms with van der Waals surface area (Å²) in [5.41, 5.74) is 1.14. The van der Waals surface area contributed by atoms with Crippen molar-refractivity contribution in [3.63, 3.8) is 0 Å². The van der Waals surface area contributed by atoms with E-state index >= 15 is 0 Å². The second-order valence-electron chi connectivity index (χ2n) is 4.70. The molecule has 0 saturated heterocycles. The number of hydrogen-bond acceptors (Lipinski definition) is 3. The largest absolute Gasteiger partial charge is 0.496 e. The molecule has 1 aliphatic rings. The molecule has 0 atom stereocenters. The highest BCUT2D eigenvalue weighted by atomic mass is 79.9. The van der Waals surface area contributed by atoms with Crippen LogP contribution >= 0.6 is 15.9 Å². The van der Waals surface area contributed by atoms with Crippen LogP contribution in [0.1, 0.15) is 25.7 Å². The fourth-order valence-electron chi connectivity index (χ4n) is 2.43. The van der Waals surface area contributed by atoms with E-state index < -0.39 is 0 Å². The van der Waals surface area contributed by atoms with Gasteiger partial charge in [-0.1, -0.05) is 0 Å². The zero-order valence-electron chi connectivity index (χ0n) is 10.9. The molecule has 1 saturated carbocycles. The maximum atomic E-state index is 5.39. The van der Waals surface area contributed by atoms with E-state index in [9.17, 15) is 0 Å². The number of rotatable bonds is 4. The Kier molecular flexibility index (Phi) is 4.89. The average Bonchev–Trinajstić information content (AvgIpc) is 2.40. The van der Waals surface area contributed by atoms with Crippen LogP contribution in [0.5, 0.6) is 5.75 Å². The third-order valence-corrected chi connectivity index (χ3v) is 4.15. The van der Waals surface area contributed by atoms with E-state index in [1.165, 1.54) is 12.8 Å². The summed E-state index contributed by atoms with van der Waals surface area (Å²) in [5.74, 6) is 0.864. The van der Waals surface area contributed by atoms with Gasteiger partial charge >= 0.3 is 0 Å². The lowest BCUT2D eigenvalue weighted by Gasteiger charge is -2.29. The van der Waals surface area contributed by atoms with Crippen molar-refractivity contribution >= 4 is 21.6 Å². The molecule has 0 heterocycles. The lowest BCUT2D eigenvalue weighted by Crippen LogP contribution is -2.29. The predicted octanol–water partition coefficient (Wildman–Crippen LogP) is 3.83. The Labute approximate surface area is 117 Å². The highest BCUT2D eigenvalue weighted by Crippen LogP contribution is 2.30. The Morgan fingerprint density at radius 1 is 1.17 bits per heavy atom. The van der Waals surface area contributed by atoms with Crippen LogP contribution in [0, 0.1) is 0 Å². The number of hydrogen-bond donors (Lipinski definition) is 1. The second-order valence-corrected chi connectivity index (χ2v) is 5.56. The first-order valence-corrected chi connectivity index (χ1v) is 7.15. The van der Waals surface area contributed by atoms with E-state index in [2.05, 4.69) is 33.4 Å². The van der Waals surface area contributed by atoms with Gasteiger partial charge in [0.05, 0.1) is 17.7 Å². The fourth-order valence-corrected chi connectivity index (χ4v) is 2.98. The summed E-state index contributed by atoms with van der Waals surface area (Å²) in [4.78, 5) is 0. The van der Waals surface area contributed by atoms with Crippen molar-refractivity contribution in [2.45, 2.75) is 37.8 Å². The lowest BCUT2D eigenvalue weighted by molar-refractivity contribution is 0.0682. The average molecular weight is 314 g/mol. The molecule has 4 heteroatoms. The summed E-state index contributed by atoms with van der Waals surface area (Å²) >= 11 is 3.51. The van der Waals surface area contributed by atoms with Crippen molar-refractivity contribution in [2.75, 3.05) is 19.5 Å². The Bertz CT molecular complexity index is 389. The molecule has 100 valence electrons. The lowest BCUT2D eigenvalue weighted by atomic mass is 9.93. The van der Waals surface area contributed by atoms with E-state index in [0.717, 1.165) is 28.8 Å². The topological polar surface area (TPSA) is 30.5 Å². The number of anilines is 1. The van der Waals surface area contributed by atoms with Crippen LogP contribution in [-0.2, 0) is 4.74 Å². The minimum atomic E-state index is 0.450. The molecule has 1 N–H and O–H groups in total.